The van der Waals surface area contributed by atoms with Crippen LogP contribution in [0.4, 0.5) is 0 Å². The van der Waals surface area contributed by atoms with Crippen molar-refractivity contribution in [3.63, 3.8) is 0 Å². The Morgan fingerprint density at radius 3 is 3.13 bits per heavy atom. The summed E-state index contributed by atoms with van der Waals surface area (Å²) >= 11 is 0. The second kappa shape index (κ2) is 8.26. The van der Waals surface area contributed by atoms with Gasteiger partial charge in [-0.05, 0) is 25.0 Å². The average molecular weight is 209 g/mol. The summed E-state index contributed by atoms with van der Waals surface area (Å²) in [7, 11) is 0. The second-order valence-electron chi connectivity index (χ2n) is 3.30. The molecular formula is C12H19NO2. The molecule has 0 atom stereocenters. The van der Waals surface area contributed by atoms with Crippen LogP contribution in [0, 0.1) is 0 Å². The van der Waals surface area contributed by atoms with Crippen LogP contribution in [0.3, 0.4) is 0 Å². The molecule has 1 aromatic rings. The molecule has 0 unspecified atom stereocenters. The van der Waals surface area contributed by atoms with Gasteiger partial charge >= 0.3 is 0 Å². The van der Waals surface area contributed by atoms with Crippen LogP contribution in [0.15, 0.2) is 35.5 Å². The fourth-order valence-electron chi connectivity index (χ4n) is 1.20. The zero-order valence-electron chi connectivity index (χ0n) is 9.08. The number of hydrogen-bond donors (Lipinski definition) is 1. The number of hydrogen-bond acceptors (Lipinski definition) is 3. The molecule has 3 heteroatoms. The summed E-state index contributed by atoms with van der Waals surface area (Å²) in [6.45, 7) is 6.84. The van der Waals surface area contributed by atoms with Crippen molar-refractivity contribution in [2.75, 3.05) is 19.8 Å². The molecule has 0 aliphatic heterocycles. The Hall–Kier alpha value is -1.06. The van der Waals surface area contributed by atoms with E-state index in [9.17, 15) is 0 Å². The van der Waals surface area contributed by atoms with Crippen LogP contribution in [0.25, 0.3) is 0 Å². The largest absolute Gasteiger partial charge is 0.468 e. The predicted molar refractivity (Wildman–Crippen MR) is 60.7 cm³/mol. The topological polar surface area (TPSA) is 34.4 Å². The number of rotatable bonds is 9. The Balaban J connectivity index is 1.83. The monoisotopic (exact) mass is 209 g/mol. The normalized spacial score (nSPS) is 10.4. The molecule has 0 aliphatic carbocycles. The number of allylic oxidation sites excluding steroid dienone is 1. The molecule has 0 fully saturated rings. The summed E-state index contributed by atoms with van der Waals surface area (Å²) < 4.78 is 10.6. The highest BCUT2D eigenvalue weighted by Crippen LogP contribution is 1.97. The smallest absolute Gasteiger partial charge is 0.117 e. The Morgan fingerprint density at radius 1 is 1.47 bits per heavy atom. The molecular weight excluding hydrogens is 190 g/mol. The second-order valence-corrected chi connectivity index (χ2v) is 3.30. The van der Waals surface area contributed by atoms with E-state index in [0.717, 1.165) is 44.9 Å². The standard InChI is InChI=1S/C12H19NO2/c1-2-3-4-8-14-10-7-13-11-12-6-5-9-15-12/h2,5-6,9,13H,1,3-4,7-8,10-11H2. The molecule has 84 valence electrons. The van der Waals surface area contributed by atoms with Crippen LogP contribution in [0.1, 0.15) is 18.6 Å². The Bertz CT molecular complexity index is 244. The fraction of sp³-hybridized carbons (Fsp3) is 0.500. The fourth-order valence-corrected chi connectivity index (χ4v) is 1.20. The highest BCUT2D eigenvalue weighted by atomic mass is 16.5. The van der Waals surface area contributed by atoms with Crippen molar-refractivity contribution in [2.24, 2.45) is 0 Å². The molecule has 15 heavy (non-hydrogen) atoms. The van der Waals surface area contributed by atoms with E-state index in [2.05, 4.69) is 11.9 Å². The minimum absolute atomic E-state index is 0.748. The van der Waals surface area contributed by atoms with Gasteiger partial charge in [0.05, 0.1) is 19.4 Å². The van der Waals surface area contributed by atoms with Crippen LogP contribution in [0.5, 0.6) is 0 Å². The Labute approximate surface area is 91.1 Å². The van der Waals surface area contributed by atoms with Crippen molar-refractivity contribution in [1.29, 1.82) is 0 Å². The summed E-state index contributed by atoms with van der Waals surface area (Å²) in [5.41, 5.74) is 0. The molecule has 0 radical (unpaired) electrons. The van der Waals surface area contributed by atoms with Crippen molar-refractivity contribution >= 4 is 0 Å². The molecule has 3 nitrogen and oxygen atoms in total. The van der Waals surface area contributed by atoms with E-state index in [4.69, 9.17) is 9.15 Å². The van der Waals surface area contributed by atoms with Gasteiger partial charge in [-0.25, -0.2) is 0 Å². The van der Waals surface area contributed by atoms with Gasteiger partial charge in [-0.2, -0.15) is 0 Å². The van der Waals surface area contributed by atoms with Gasteiger partial charge in [0.2, 0.25) is 0 Å². The molecule has 1 rings (SSSR count). The van der Waals surface area contributed by atoms with Crippen molar-refractivity contribution in [1.82, 2.24) is 5.32 Å². The minimum Gasteiger partial charge on any atom is -0.468 e. The summed E-state index contributed by atoms with van der Waals surface area (Å²) in [5.74, 6) is 0.960. The molecule has 0 amide bonds. The first-order valence-corrected chi connectivity index (χ1v) is 5.35. The maximum atomic E-state index is 5.41. The van der Waals surface area contributed by atoms with Gasteiger partial charge in [0.25, 0.3) is 0 Å². The number of unbranched alkanes of at least 4 members (excludes halogenated alkanes) is 1. The van der Waals surface area contributed by atoms with Gasteiger partial charge in [0.15, 0.2) is 0 Å². The van der Waals surface area contributed by atoms with Gasteiger partial charge in [0.1, 0.15) is 5.76 Å². The molecule has 0 spiro atoms. The molecule has 1 heterocycles. The maximum Gasteiger partial charge on any atom is 0.117 e. The zero-order chi connectivity index (χ0) is 10.8. The van der Waals surface area contributed by atoms with E-state index < -0.39 is 0 Å². The lowest BCUT2D eigenvalue weighted by molar-refractivity contribution is 0.133. The lowest BCUT2D eigenvalue weighted by atomic mass is 10.3. The van der Waals surface area contributed by atoms with Crippen LogP contribution in [-0.2, 0) is 11.3 Å². The molecule has 1 aromatic heterocycles. The van der Waals surface area contributed by atoms with E-state index in [1.807, 2.05) is 18.2 Å². The Kier molecular flexibility index (Phi) is 6.62. The van der Waals surface area contributed by atoms with E-state index in [0.29, 0.717) is 0 Å². The molecule has 0 saturated heterocycles. The maximum absolute atomic E-state index is 5.41. The van der Waals surface area contributed by atoms with Crippen LogP contribution in [0.2, 0.25) is 0 Å². The van der Waals surface area contributed by atoms with Crippen molar-refractivity contribution in [2.45, 2.75) is 19.4 Å². The third-order valence-electron chi connectivity index (χ3n) is 2.00. The summed E-state index contributed by atoms with van der Waals surface area (Å²) in [6.07, 6.45) is 5.68. The minimum atomic E-state index is 0.748. The lowest BCUT2D eigenvalue weighted by Crippen LogP contribution is -2.19. The van der Waals surface area contributed by atoms with Gasteiger partial charge < -0.3 is 14.5 Å². The van der Waals surface area contributed by atoms with Gasteiger partial charge in [-0.3, -0.25) is 0 Å². The first-order chi connectivity index (χ1) is 7.43. The number of furan rings is 1. The van der Waals surface area contributed by atoms with Crippen LogP contribution in [-0.4, -0.2) is 19.8 Å². The number of nitrogens with one attached hydrogen (secondary N) is 1. The summed E-state index contributed by atoms with van der Waals surface area (Å²) in [5, 5.41) is 3.24. The van der Waals surface area contributed by atoms with Crippen LogP contribution < -0.4 is 5.32 Å². The van der Waals surface area contributed by atoms with Gasteiger partial charge in [-0.1, -0.05) is 6.08 Å². The lowest BCUT2D eigenvalue weighted by Gasteiger charge is -2.04. The summed E-state index contributed by atoms with van der Waals surface area (Å²) in [4.78, 5) is 0. The molecule has 0 aromatic carbocycles. The molecule has 0 bridgehead atoms. The first-order valence-electron chi connectivity index (χ1n) is 5.35. The van der Waals surface area contributed by atoms with Crippen molar-refractivity contribution in [3.8, 4) is 0 Å². The molecule has 0 aliphatic rings. The van der Waals surface area contributed by atoms with E-state index >= 15 is 0 Å². The predicted octanol–water partition coefficient (Wildman–Crippen LogP) is 2.35. The Morgan fingerprint density at radius 2 is 2.40 bits per heavy atom. The highest BCUT2D eigenvalue weighted by Gasteiger charge is 1.93. The summed E-state index contributed by atoms with van der Waals surface area (Å²) in [6, 6.07) is 3.85. The van der Waals surface area contributed by atoms with E-state index in [1.165, 1.54) is 0 Å². The highest BCUT2D eigenvalue weighted by molar-refractivity contribution is 4.97. The van der Waals surface area contributed by atoms with Gasteiger partial charge in [-0.15, -0.1) is 6.58 Å². The average Bonchev–Trinajstić information content (AvgIpc) is 2.75. The van der Waals surface area contributed by atoms with Crippen molar-refractivity contribution in [3.05, 3.63) is 36.8 Å². The quantitative estimate of drug-likeness (QED) is 0.501. The SMILES string of the molecule is C=CCCCOCCNCc1ccco1. The molecule has 1 N–H and O–H groups in total. The van der Waals surface area contributed by atoms with Crippen LogP contribution >= 0.6 is 0 Å². The van der Waals surface area contributed by atoms with E-state index in [-0.39, 0.29) is 0 Å². The molecule has 0 saturated carbocycles. The van der Waals surface area contributed by atoms with E-state index in [1.54, 1.807) is 6.26 Å². The van der Waals surface area contributed by atoms with Gasteiger partial charge in [0, 0.05) is 13.2 Å². The first kappa shape index (κ1) is 12.0. The third-order valence-corrected chi connectivity index (χ3v) is 2.00. The third kappa shape index (κ3) is 6.10. The van der Waals surface area contributed by atoms with Crippen molar-refractivity contribution < 1.29 is 9.15 Å². The zero-order valence-corrected chi connectivity index (χ0v) is 9.08. The number of ether oxygens (including phenoxy) is 1.